The van der Waals surface area contributed by atoms with E-state index in [1.807, 2.05) is 6.07 Å². The van der Waals surface area contributed by atoms with Crippen LogP contribution in [0.2, 0.25) is 0 Å². The molecule has 0 amide bonds. The number of ether oxygens (including phenoxy) is 2. The third kappa shape index (κ3) is 1.56. The van der Waals surface area contributed by atoms with E-state index in [1.165, 1.54) is 24.8 Å². The average molecular weight is 286 g/mol. The predicted octanol–water partition coefficient (Wildman–Crippen LogP) is 3.92. The molecule has 112 valence electrons. The topological polar surface area (TPSA) is 35.5 Å². The second-order valence-electron chi connectivity index (χ2n) is 6.87. The van der Waals surface area contributed by atoms with Gasteiger partial charge in [0.1, 0.15) is 5.60 Å². The minimum atomic E-state index is -0.658. The fraction of sp³-hybridized carbons (Fsp3) is 0.611. The highest BCUT2D eigenvalue weighted by Crippen LogP contribution is 2.71. The first-order valence-corrected chi connectivity index (χ1v) is 8.10. The van der Waals surface area contributed by atoms with E-state index in [9.17, 15) is 4.79 Å². The van der Waals surface area contributed by atoms with Crippen LogP contribution >= 0.6 is 0 Å². The number of carbonyl (C=O) groups excluding carboxylic acids is 1. The highest BCUT2D eigenvalue weighted by Gasteiger charge is 2.77. The second kappa shape index (κ2) is 4.33. The summed E-state index contributed by atoms with van der Waals surface area (Å²) >= 11 is 0. The Bertz CT molecular complexity index is 561. The van der Waals surface area contributed by atoms with Crippen LogP contribution in [0.5, 0.6) is 0 Å². The molecule has 1 aromatic rings. The van der Waals surface area contributed by atoms with Crippen LogP contribution in [-0.4, -0.2) is 11.8 Å². The van der Waals surface area contributed by atoms with Crippen molar-refractivity contribution >= 4 is 5.97 Å². The number of hydrogen-bond acceptors (Lipinski definition) is 3. The van der Waals surface area contributed by atoms with Crippen molar-refractivity contribution in [2.45, 2.75) is 63.3 Å². The van der Waals surface area contributed by atoms with E-state index in [-0.39, 0.29) is 17.0 Å². The van der Waals surface area contributed by atoms with Gasteiger partial charge in [-0.15, -0.1) is 0 Å². The molecule has 3 aliphatic rings. The number of fused-ring (bicyclic) bond motifs is 1. The van der Waals surface area contributed by atoms with Gasteiger partial charge >= 0.3 is 5.97 Å². The van der Waals surface area contributed by atoms with Crippen molar-refractivity contribution in [3.63, 3.8) is 0 Å². The van der Waals surface area contributed by atoms with Gasteiger partial charge in [0.25, 0.3) is 0 Å². The second-order valence-corrected chi connectivity index (χ2v) is 6.87. The van der Waals surface area contributed by atoms with Crippen molar-refractivity contribution in [1.82, 2.24) is 0 Å². The van der Waals surface area contributed by atoms with Gasteiger partial charge in [0.15, 0.2) is 0 Å². The lowest BCUT2D eigenvalue weighted by Gasteiger charge is -2.68. The van der Waals surface area contributed by atoms with Crippen LogP contribution in [0.1, 0.15) is 57.4 Å². The Morgan fingerprint density at radius 1 is 1.00 bits per heavy atom. The molecule has 2 saturated heterocycles. The van der Waals surface area contributed by atoms with Gasteiger partial charge in [-0.25, -0.2) is 0 Å². The molecule has 1 saturated carbocycles. The fourth-order valence-electron chi connectivity index (χ4n) is 4.91. The van der Waals surface area contributed by atoms with Crippen LogP contribution in [0.15, 0.2) is 30.3 Å². The summed E-state index contributed by atoms with van der Waals surface area (Å²) in [5.41, 5.74) is 0.825. The average Bonchev–Trinajstić information content (AvgIpc) is 2.92. The molecule has 0 bridgehead atoms. The maximum atomic E-state index is 11.7. The fourth-order valence-corrected chi connectivity index (χ4v) is 4.91. The van der Waals surface area contributed by atoms with E-state index in [0.717, 1.165) is 12.8 Å². The summed E-state index contributed by atoms with van der Waals surface area (Å²) in [6, 6.07) is 10.4. The molecule has 0 radical (unpaired) electrons. The van der Waals surface area contributed by atoms with Gasteiger partial charge in [0, 0.05) is 6.42 Å². The Kier molecular flexibility index (Phi) is 2.74. The molecule has 3 fully saturated rings. The van der Waals surface area contributed by atoms with Gasteiger partial charge in [-0.1, -0.05) is 49.6 Å². The molecule has 0 aromatic heterocycles. The van der Waals surface area contributed by atoms with E-state index in [4.69, 9.17) is 9.47 Å². The Balaban J connectivity index is 1.78. The highest BCUT2D eigenvalue weighted by atomic mass is 16.8. The normalized spacial score (nSPS) is 37.5. The summed E-state index contributed by atoms with van der Waals surface area (Å²) in [4.78, 5) is 11.7. The number of benzene rings is 1. The lowest BCUT2D eigenvalue weighted by Crippen LogP contribution is -2.74. The third-order valence-electron chi connectivity index (χ3n) is 5.98. The number of carbonyl (C=O) groups is 1. The summed E-state index contributed by atoms with van der Waals surface area (Å²) in [6.45, 7) is 2.19. The maximum absolute atomic E-state index is 11.7. The Hall–Kier alpha value is -1.35. The van der Waals surface area contributed by atoms with Gasteiger partial charge in [-0.3, -0.25) is 4.79 Å². The zero-order chi connectivity index (χ0) is 14.6. The lowest BCUT2D eigenvalue weighted by atomic mass is 9.52. The standard InChI is InChI=1S/C18H22O3/c1-16(14-8-4-2-5-9-14)17(11-6-3-7-12-17)18(21-16)13-10-15(19)20-18/h2,4-5,8-9H,3,6-7,10-13H2,1H3. The third-order valence-corrected chi connectivity index (χ3v) is 5.98. The maximum Gasteiger partial charge on any atom is 0.308 e. The van der Waals surface area contributed by atoms with E-state index in [0.29, 0.717) is 12.8 Å². The largest absolute Gasteiger partial charge is 0.432 e. The van der Waals surface area contributed by atoms with Crippen molar-refractivity contribution < 1.29 is 14.3 Å². The van der Waals surface area contributed by atoms with Gasteiger partial charge < -0.3 is 9.47 Å². The molecule has 2 heterocycles. The smallest absolute Gasteiger partial charge is 0.308 e. The summed E-state index contributed by atoms with van der Waals surface area (Å²) in [5.74, 6) is -0.759. The van der Waals surface area contributed by atoms with E-state index in [2.05, 4.69) is 31.2 Å². The van der Waals surface area contributed by atoms with Crippen molar-refractivity contribution in [2.75, 3.05) is 0 Å². The van der Waals surface area contributed by atoms with E-state index >= 15 is 0 Å². The highest BCUT2D eigenvalue weighted by molar-refractivity contribution is 5.72. The van der Waals surface area contributed by atoms with Crippen molar-refractivity contribution in [1.29, 1.82) is 0 Å². The van der Waals surface area contributed by atoms with Gasteiger partial charge in [-0.05, 0) is 25.3 Å². The molecule has 3 heteroatoms. The van der Waals surface area contributed by atoms with Crippen LogP contribution in [-0.2, 0) is 19.9 Å². The number of esters is 1. The first-order valence-electron chi connectivity index (χ1n) is 8.10. The summed E-state index contributed by atoms with van der Waals surface area (Å²) in [5, 5.41) is 0. The molecule has 2 aliphatic heterocycles. The zero-order valence-electron chi connectivity index (χ0n) is 12.6. The van der Waals surface area contributed by atoms with Gasteiger partial charge in [0.05, 0.1) is 11.8 Å². The summed E-state index contributed by atoms with van der Waals surface area (Å²) in [7, 11) is 0. The van der Waals surface area contributed by atoms with Crippen LogP contribution in [0.25, 0.3) is 0 Å². The van der Waals surface area contributed by atoms with E-state index in [1.54, 1.807) is 0 Å². The Morgan fingerprint density at radius 2 is 1.71 bits per heavy atom. The Labute approximate surface area is 125 Å². The minimum Gasteiger partial charge on any atom is -0.432 e. The first kappa shape index (κ1) is 13.3. The molecule has 21 heavy (non-hydrogen) atoms. The van der Waals surface area contributed by atoms with Crippen molar-refractivity contribution in [2.24, 2.45) is 5.41 Å². The van der Waals surface area contributed by atoms with E-state index < -0.39 is 5.79 Å². The number of hydrogen-bond donors (Lipinski definition) is 0. The molecule has 2 atom stereocenters. The molecular formula is C18H22O3. The molecular weight excluding hydrogens is 264 g/mol. The van der Waals surface area contributed by atoms with Crippen LogP contribution < -0.4 is 0 Å². The molecule has 1 aliphatic carbocycles. The lowest BCUT2D eigenvalue weighted by molar-refractivity contribution is -0.461. The summed E-state index contributed by atoms with van der Waals surface area (Å²) in [6.07, 6.45) is 7.06. The predicted molar refractivity (Wildman–Crippen MR) is 78.5 cm³/mol. The van der Waals surface area contributed by atoms with Crippen molar-refractivity contribution in [3.8, 4) is 0 Å². The Morgan fingerprint density at radius 3 is 2.33 bits per heavy atom. The van der Waals surface area contributed by atoms with Gasteiger partial charge in [-0.2, -0.15) is 0 Å². The molecule has 4 rings (SSSR count). The van der Waals surface area contributed by atoms with Gasteiger partial charge in [0.2, 0.25) is 5.79 Å². The molecule has 0 N–H and O–H groups in total. The number of rotatable bonds is 1. The zero-order valence-corrected chi connectivity index (χ0v) is 12.6. The monoisotopic (exact) mass is 286 g/mol. The van der Waals surface area contributed by atoms with Crippen LogP contribution in [0, 0.1) is 5.41 Å². The first-order chi connectivity index (χ1) is 10.1. The molecule has 1 aromatic carbocycles. The van der Waals surface area contributed by atoms with Crippen LogP contribution in [0.3, 0.4) is 0 Å². The molecule has 2 unspecified atom stereocenters. The SMILES string of the molecule is CC1(c2ccccc2)OC2(CCC(=O)O2)C12CCCCC2. The molecule has 3 nitrogen and oxygen atoms in total. The summed E-state index contributed by atoms with van der Waals surface area (Å²) < 4.78 is 12.1. The quantitative estimate of drug-likeness (QED) is 0.734. The minimum absolute atomic E-state index is 0.0498. The van der Waals surface area contributed by atoms with Crippen molar-refractivity contribution in [3.05, 3.63) is 35.9 Å². The molecule has 2 spiro atoms. The van der Waals surface area contributed by atoms with Crippen LogP contribution in [0.4, 0.5) is 0 Å².